The van der Waals surface area contributed by atoms with Crippen molar-refractivity contribution in [2.45, 2.75) is 45.3 Å². The molecule has 7 heteroatoms. The third kappa shape index (κ3) is 5.71. The van der Waals surface area contributed by atoms with Gasteiger partial charge in [0.1, 0.15) is 18.1 Å². The van der Waals surface area contributed by atoms with Crippen molar-refractivity contribution in [2.24, 2.45) is 17.8 Å². The van der Waals surface area contributed by atoms with Crippen LogP contribution >= 0.6 is 11.3 Å². The Hall–Kier alpha value is -4.20. The van der Waals surface area contributed by atoms with E-state index in [1.807, 2.05) is 78.2 Å². The summed E-state index contributed by atoms with van der Waals surface area (Å²) in [5.74, 6) is 0.0392. The number of likely N-dealkylation sites (tertiary alicyclic amines) is 1. The van der Waals surface area contributed by atoms with E-state index in [0.29, 0.717) is 26.2 Å². The summed E-state index contributed by atoms with van der Waals surface area (Å²) in [7, 11) is 0. The van der Waals surface area contributed by atoms with Crippen LogP contribution in [0.2, 0.25) is 0 Å². The molecule has 3 heterocycles. The van der Waals surface area contributed by atoms with Gasteiger partial charge in [-0.1, -0.05) is 73.2 Å². The van der Waals surface area contributed by atoms with Gasteiger partial charge in [-0.25, -0.2) is 0 Å². The molecule has 2 aliphatic heterocycles. The second-order valence-corrected chi connectivity index (χ2v) is 13.2. The zero-order valence-electron chi connectivity index (χ0n) is 25.4. The number of fused-ring (bicyclic) bond motifs is 4. The maximum Gasteiger partial charge on any atom is 0.234 e. The number of carbonyl (C=O) groups excluding carboxylic acids is 2. The molecule has 45 heavy (non-hydrogen) atoms. The Morgan fingerprint density at radius 1 is 0.978 bits per heavy atom. The van der Waals surface area contributed by atoms with E-state index >= 15 is 0 Å². The van der Waals surface area contributed by atoms with E-state index in [9.17, 15) is 14.7 Å². The van der Waals surface area contributed by atoms with E-state index in [2.05, 4.69) is 13.0 Å². The SMILES string of the molecule is CC/C(=C\c1ccc(O)c2ccccc12)CC[C@H]1OC[C@H]2C1=C(COc1ccccc1)C[C@H]1C(=O)N(Cc3cccs3)C(=O)[C@H]12. The van der Waals surface area contributed by atoms with Crippen molar-refractivity contribution in [3.05, 3.63) is 111 Å². The lowest BCUT2D eigenvalue weighted by Crippen LogP contribution is -2.35. The van der Waals surface area contributed by atoms with Crippen LogP contribution < -0.4 is 4.74 Å². The summed E-state index contributed by atoms with van der Waals surface area (Å²) < 4.78 is 12.7. The number of thiophene rings is 1. The number of imide groups is 1. The maximum absolute atomic E-state index is 13.8. The molecule has 230 valence electrons. The van der Waals surface area contributed by atoms with Crippen molar-refractivity contribution < 1.29 is 24.2 Å². The van der Waals surface area contributed by atoms with Crippen LogP contribution in [0.3, 0.4) is 0 Å². The molecule has 1 aromatic heterocycles. The molecule has 3 aromatic carbocycles. The number of para-hydroxylation sites is 1. The number of ether oxygens (including phenoxy) is 2. The molecular formula is C38H37NO5S. The molecule has 0 radical (unpaired) electrons. The highest BCUT2D eigenvalue weighted by Crippen LogP contribution is 2.50. The number of benzene rings is 3. The third-order valence-electron chi connectivity index (χ3n) is 9.63. The number of amides is 2. The number of nitrogens with zero attached hydrogens (tertiary/aromatic N) is 1. The number of aromatic hydroxyl groups is 1. The van der Waals surface area contributed by atoms with Gasteiger partial charge in [0.05, 0.1) is 31.1 Å². The maximum atomic E-state index is 13.8. The van der Waals surface area contributed by atoms with Crippen LogP contribution in [0, 0.1) is 17.8 Å². The first-order valence-electron chi connectivity index (χ1n) is 15.8. The lowest BCUT2D eigenvalue weighted by Gasteiger charge is -2.31. The molecule has 2 fully saturated rings. The summed E-state index contributed by atoms with van der Waals surface area (Å²) in [5.41, 5.74) is 4.64. The Kier molecular flexibility index (Phi) is 8.30. The quantitative estimate of drug-likeness (QED) is 0.145. The van der Waals surface area contributed by atoms with Crippen molar-refractivity contribution in [1.29, 1.82) is 0 Å². The van der Waals surface area contributed by atoms with Crippen LogP contribution in [0.5, 0.6) is 11.5 Å². The number of hydrogen-bond acceptors (Lipinski definition) is 6. The molecule has 2 amide bonds. The Morgan fingerprint density at radius 2 is 1.78 bits per heavy atom. The minimum atomic E-state index is -0.387. The summed E-state index contributed by atoms with van der Waals surface area (Å²) in [5, 5.41) is 14.2. The molecule has 4 aromatic rings. The number of phenolic OH excluding ortho intramolecular Hbond substituents is 1. The third-order valence-corrected chi connectivity index (χ3v) is 10.5. The predicted molar refractivity (Wildman–Crippen MR) is 177 cm³/mol. The number of rotatable bonds is 10. The molecular weight excluding hydrogens is 582 g/mol. The highest BCUT2D eigenvalue weighted by atomic mass is 32.1. The summed E-state index contributed by atoms with van der Waals surface area (Å²) in [6.45, 7) is 3.32. The van der Waals surface area contributed by atoms with Crippen LogP contribution in [-0.2, 0) is 20.9 Å². The van der Waals surface area contributed by atoms with E-state index in [1.54, 1.807) is 17.4 Å². The van der Waals surface area contributed by atoms with Crippen LogP contribution in [0.25, 0.3) is 16.8 Å². The zero-order valence-corrected chi connectivity index (χ0v) is 26.2. The summed E-state index contributed by atoms with van der Waals surface area (Å²) in [6, 6.07) is 25.3. The lowest BCUT2D eigenvalue weighted by molar-refractivity contribution is -0.140. The normalized spacial score (nSPS) is 23.1. The van der Waals surface area contributed by atoms with Crippen molar-refractivity contribution in [2.75, 3.05) is 13.2 Å². The van der Waals surface area contributed by atoms with Crippen LogP contribution in [-0.4, -0.2) is 41.1 Å². The van der Waals surface area contributed by atoms with Crippen molar-refractivity contribution in [3.8, 4) is 11.5 Å². The standard InChI is InChI=1S/C38H37NO5S/c1-2-24(19-25-15-16-33(40)30-13-7-6-12-29(25)30)14-17-34-35-26(22-43-27-9-4-3-5-10-27)20-31-36(32(35)23-44-34)38(42)39(37(31)41)21-28-11-8-18-45-28/h3-13,15-16,18-19,31-32,34,36,40H,2,14,17,20-23H2,1H3/b24-19+/t31-,32+,34-,36-/m1/s1. The Labute approximate surface area is 267 Å². The van der Waals surface area contributed by atoms with Gasteiger partial charge in [-0.3, -0.25) is 14.5 Å². The fourth-order valence-corrected chi connectivity index (χ4v) is 8.08. The highest BCUT2D eigenvalue weighted by Gasteiger charge is 2.57. The van der Waals surface area contributed by atoms with Gasteiger partial charge in [-0.2, -0.15) is 0 Å². The van der Waals surface area contributed by atoms with Crippen LogP contribution in [0.4, 0.5) is 0 Å². The van der Waals surface area contributed by atoms with Gasteiger partial charge in [0.25, 0.3) is 0 Å². The number of phenols is 1. The minimum Gasteiger partial charge on any atom is -0.507 e. The van der Waals surface area contributed by atoms with Crippen LogP contribution in [0.1, 0.15) is 43.0 Å². The van der Waals surface area contributed by atoms with Crippen LogP contribution in [0.15, 0.2) is 101 Å². The van der Waals surface area contributed by atoms with Gasteiger partial charge in [0.2, 0.25) is 11.8 Å². The molecule has 0 saturated carbocycles. The highest BCUT2D eigenvalue weighted by molar-refractivity contribution is 7.09. The second kappa shape index (κ2) is 12.7. The van der Waals surface area contributed by atoms with E-state index in [1.165, 1.54) is 10.5 Å². The monoisotopic (exact) mass is 619 g/mol. The number of carbonyl (C=O) groups is 2. The zero-order chi connectivity index (χ0) is 30.9. The van der Waals surface area contributed by atoms with Gasteiger partial charge < -0.3 is 14.6 Å². The van der Waals surface area contributed by atoms with Gasteiger partial charge >= 0.3 is 0 Å². The number of hydrogen-bond donors (Lipinski definition) is 1. The predicted octanol–water partition coefficient (Wildman–Crippen LogP) is 7.78. The van der Waals surface area contributed by atoms with Gasteiger partial charge in [-0.05, 0) is 77.4 Å². The molecule has 3 aliphatic rings. The van der Waals surface area contributed by atoms with Crippen molar-refractivity contribution in [1.82, 2.24) is 4.90 Å². The first kappa shape index (κ1) is 29.5. The molecule has 0 bridgehead atoms. The van der Waals surface area contributed by atoms with E-state index in [-0.39, 0.29) is 41.4 Å². The minimum absolute atomic E-state index is 0.0680. The summed E-state index contributed by atoms with van der Waals surface area (Å²) in [4.78, 5) is 30.0. The molecule has 6 nitrogen and oxygen atoms in total. The lowest BCUT2D eigenvalue weighted by atomic mass is 9.69. The Balaban J connectivity index is 1.16. The van der Waals surface area contributed by atoms with Crippen molar-refractivity contribution in [3.63, 3.8) is 0 Å². The van der Waals surface area contributed by atoms with E-state index < -0.39 is 0 Å². The van der Waals surface area contributed by atoms with Gasteiger partial charge in [0.15, 0.2) is 0 Å². The Bertz CT molecular complexity index is 1780. The van der Waals surface area contributed by atoms with E-state index in [0.717, 1.165) is 57.4 Å². The fraction of sp³-hybridized carbons (Fsp3) is 0.316. The molecule has 2 saturated heterocycles. The first-order valence-corrected chi connectivity index (χ1v) is 16.7. The first-order chi connectivity index (χ1) is 22.0. The molecule has 0 unspecified atom stereocenters. The largest absolute Gasteiger partial charge is 0.507 e. The molecule has 7 rings (SSSR count). The average molecular weight is 620 g/mol. The van der Waals surface area contributed by atoms with Crippen molar-refractivity contribution >= 4 is 40.0 Å². The van der Waals surface area contributed by atoms with E-state index in [4.69, 9.17) is 9.47 Å². The molecule has 4 atom stereocenters. The fourth-order valence-electron chi connectivity index (χ4n) is 7.39. The average Bonchev–Trinajstić information content (AvgIpc) is 3.80. The summed E-state index contributed by atoms with van der Waals surface area (Å²) >= 11 is 1.57. The van der Waals surface area contributed by atoms with Gasteiger partial charge in [-0.15, -0.1) is 11.3 Å². The smallest absolute Gasteiger partial charge is 0.234 e. The molecule has 1 N–H and O–H groups in total. The Morgan fingerprint density at radius 3 is 2.56 bits per heavy atom. The summed E-state index contributed by atoms with van der Waals surface area (Å²) in [6.07, 6.45) is 5.14. The molecule has 1 aliphatic carbocycles. The number of allylic oxidation sites excluding steroid dienone is 1. The van der Waals surface area contributed by atoms with Gasteiger partial charge in [0, 0.05) is 16.2 Å². The molecule has 0 spiro atoms. The topological polar surface area (TPSA) is 76.1 Å². The second-order valence-electron chi connectivity index (χ2n) is 12.2.